The smallest absolute Gasteiger partial charge is 0.295 e. The summed E-state index contributed by atoms with van der Waals surface area (Å²) in [5.74, 6) is -0.137. The van der Waals surface area contributed by atoms with E-state index in [-0.39, 0.29) is 23.4 Å². The number of aromatic nitrogens is 4. The van der Waals surface area contributed by atoms with Crippen molar-refractivity contribution in [1.82, 2.24) is 19.9 Å². The molecule has 0 spiro atoms. The molecule has 0 atom stereocenters. The average molecular weight is 269 g/mol. The highest BCUT2D eigenvalue weighted by Crippen LogP contribution is 2.19. The lowest BCUT2D eigenvalue weighted by molar-refractivity contribution is 0.103. The molecule has 3 N–H and O–H groups in total. The van der Waals surface area contributed by atoms with Gasteiger partial charge in [-0.3, -0.25) is 4.79 Å². The first-order valence-corrected chi connectivity index (χ1v) is 5.86. The van der Waals surface area contributed by atoms with E-state index in [4.69, 9.17) is 10.5 Å². The van der Waals surface area contributed by atoms with Crippen LogP contribution in [0.15, 0.2) is 30.3 Å². The monoisotopic (exact) mass is 269 g/mol. The topological polar surface area (TPSA) is 107 Å². The zero-order chi connectivity index (χ0) is 14.1. The summed E-state index contributed by atoms with van der Waals surface area (Å²) >= 11 is 0. The maximum atomic E-state index is 12.3. The van der Waals surface area contributed by atoms with Crippen molar-refractivity contribution < 1.29 is 9.53 Å². The number of aromatic amines is 1. The highest BCUT2D eigenvalue weighted by Gasteiger charge is 2.17. The first kappa shape index (κ1) is 12.1. The van der Waals surface area contributed by atoms with Gasteiger partial charge in [-0.05, 0) is 0 Å². The molecule has 0 fully saturated rings. The van der Waals surface area contributed by atoms with E-state index in [1.807, 2.05) is 6.07 Å². The minimum atomic E-state index is -0.304. The number of carbonyl (C=O) groups is 1. The summed E-state index contributed by atoms with van der Waals surface area (Å²) in [7, 11) is 1.47. The maximum Gasteiger partial charge on any atom is 0.295 e. The lowest BCUT2D eigenvalue weighted by atomic mass is 10.1. The normalized spacial score (nSPS) is 10.7. The molecule has 0 saturated heterocycles. The largest absolute Gasteiger partial charge is 0.468 e. The highest BCUT2D eigenvalue weighted by molar-refractivity contribution is 6.07. The number of nitrogen functional groups attached to an aromatic ring is 1. The molecule has 2 heterocycles. The lowest BCUT2D eigenvalue weighted by Gasteiger charge is -2.01. The zero-order valence-corrected chi connectivity index (χ0v) is 10.6. The maximum absolute atomic E-state index is 12.3. The molecule has 100 valence electrons. The molecule has 0 radical (unpaired) electrons. The number of ketones is 1. The van der Waals surface area contributed by atoms with Gasteiger partial charge in [0.1, 0.15) is 5.52 Å². The Morgan fingerprint density at radius 3 is 2.65 bits per heavy atom. The fraction of sp³-hybridized carbons (Fsp3) is 0.0769. The average Bonchev–Trinajstić information content (AvgIpc) is 2.91. The summed E-state index contributed by atoms with van der Waals surface area (Å²) < 4.78 is 4.96. The van der Waals surface area contributed by atoms with Crippen molar-refractivity contribution in [3.63, 3.8) is 0 Å². The molecule has 0 aliphatic carbocycles. The van der Waals surface area contributed by atoms with Gasteiger partial charge in [0.15, 0.2) is 11.5 Å². The third-order valence-corrected chi connectivity index (χ3v) is 2.79. The number of nitrogens with zero attached hydrogens (tertiary/aromatic N) is 3. The molecule has 0 aliphatic rings. The van der Waals surface area contributed by atoms with E-state index in [9.17, 15) is 4.79 Å². The van der Waals surface area contributed by atoms with Gasteiger partial charge >= 0.3 is 0 Å². The van der Waals surface area contributed by atoms with Crippen LogP contribution in [-0.2, 0) is 0 Å². The summed E-state index contributed by atoms with van der Waals surface area (Å²) in [6.07, 6.45) is 0. The van der Waals surface area contributed by atoms with Gasteiger partial charge in [0, 0.05) is 5.56 Å². The molecular weight excluding hydrogens is 258 g/mol. The van der Waals surface area contributed by atoms with Gasteiger partial charge in [-0.1, -0.05) is 30.3 Å². The van der Waals surface area contributed by atoms with Crippen molar-refractivity contribution in [2.45, 2.75) is 0 Å². The van der Waals surface area contributed by atoms with Gasteiger partial charge in [0.05, 0.1) is 7.11 Å². The second-order valence-electron chi connectivity index (χ2n) is 4.07. The molecular formula is C13H11N5O2. The molecule has 7 nitrogen and oxygen atoms in total. The number of imidazole rings is 1. The number of hydrogen-bond acceptors (Lipinski definition) is 6. The van der Waals surface area contributed by atoms with Crippen LogP contribution >= 0.6 is 0 Å². The number of fused-ring (bicyclic) bond motifs is 1. The number of carbonyl (C=O) groups excluding carboxylic acids is 1. The Hall–Kier alpha value is -2.96. The molecule has 1 aromatic carbocycles. The van der Waals surface area contributed by atoms with Crippen molar-refractivity contribution in [2.24, 2.45) is 0 Å². The van der Waals surface area contributed by atoms with E-state index in [2.05, 4.69) is 19.9 Å². The fourth-order valence-electron chi connectivity index (χ4n) is 1.81. The van der Waals surface area contributed by atoms with Crippen molar-refractivity contribution >= 4 is 22.8 Å². The molecule has 3 rings (SSSR count). The Kier molecular flexibility index (Phi) is 2.79. The van der Waals surface area contributed by atoms with Crippen molar-refractivity contribution in [3.8, 4) is 6.01 Å². The first-order valence-electron chi connectivity index (χ1n) is 5.86. The number of benzene rings is 1. The van der Waals surface area contributed by atoms with Crippen LogP contribution in [0.3, 0.4) is 0 Å². The van der Waals surface area contributed by atoms with E-state index < -0.39 is 0 Å². The van der Waals surface area contributed by atoms with Crippen LogP contribution in [0.25, 0.3) is 11.2 Å². The Morgan fingerprint density at radius 2 is 1.95 bits per heavy atom. The summed E-state index contributed by atoms with van der Waals surface area (Å²) in [5, 5.41) is 0. The lowest BCUT2D eigenvalue weighted by Crippen LogP contribution is -2.09. The second kappa shape index (κ2) is 4.61. The van der Waals surface area contributed by atoms with E-state index in [0.29, 0.717) is 16.7 Å². The van der Waals surface area contributed by atoms with Crippen LogP contribution in [0.1, 0.15) is 16.2 Å². The first-order chi connectivity index (χ1) is 9.69. The predicted octanol–water partition coefficient (Wildman–Crippen LogP) is 1.17. The number of methoxy groups -OCH3 is 1. The molecule has 0 amide bonds. The van der Waals surface area contributed by atoms with E-state index in [1.54, 1.807) is 24.3 Å². The van der Waals surface area contributed by atoms with Crippen molar-refractivity contribution in [3.05, 3.63) is 41.7 Å². The molecule has 7 heteroatoms. The third kappa shape index (κ3) is 1.95. The van der Waals surface area contributed by atoms with Crippen LogP contribution in [0.4, 0.5) is 5.82 Å². The minimum absolute atomic E-state index is 0.00959. The van der Waals surface area contributed by atoms with Gasteiger partial charge < -0.3 is 15.5 Å². The zero-order valence-electron chi connectivity index (χ0n) is 10.6. The number of hydrogen-bond donors (Lipinski definition) is 2. The Balaban J connectivity index is 2.10. The summed E-state index contributed by atoms with van der Waals surface area (Å²) in [6.45, 7) is 0. The molecule has 3 aromatic rings. The number of nitrogens with one attached hydrogen (secondary N) is 1. The van der Waals surface area contributed by atoms with Gasteiger partial charge in [-0.15, -0.1) is 0 Å². The highest BCUT2D eigenvalue weighted by atomic mass is 16.5. The predicted molar refractivity (Wildman–Crippen MR) is 72.5 cm³/mol. The van der Waals surface area contributed by atoms with Gasteiger partial charge in [-0.2, -0.15) is 4.98 Å². The van der Waals surface area contributed by atoms with Crippen LogP contribution in [0, 0.1) is 0 Å². The second-order valence-corrected chi connectivity index (χ2v) is 4.07. The number of anilines is 1. The molecule has 0 bridgehead atoms. The Labute approximate surface area is 113 Å². The number of H-pyrrole nitrogens is 1. The van der Waals surface area contributed by atoms with Crippen LogP contribution in [-0.4, -0.2) is 32.8 Å². The SMILES string of the molecule is COc1nc2nc(C(=O)c3ccccc3)nc(N)c2[nH]1. The summed E-state index contributed by atoms with van der Waals surface area (Å²) in [4.78, 5) is 27.3. The molecule has 20 heavy (non-hydrogen) atoms. The molecule has 0 aliphatic heterocycles. The number of rotatable bonds is 3. The quantitative estimate of drug-likeness (QED) is 0.691. The standard InChI is InChI=1S/C13H11N5O2/c1-20-13-15-8-10(14)16-12(17-11(8)18-13)9(19)7-5-3-2-4-6-7/h2-6H,1H3,(H3,14,15,16,17,18). The fourth-order valence-corrected chi connectivity index (χ4v) is 1.81. The molecule has 2 aromatic heterocycles. The molecule has 0 saturated carbocycles. The minimum Gasteiger partial charge on any atom is -0.468 e. The van der Waals surface area contributed by atoms with E-state index >= 15 is 0 Å². The molecule has 0 unspecified atom stereocenters. The van der Waals surface area contributed by atoms with Gasteiger partial charge in [0.25, 0.3) is 6.01 Å². The van der Waals surface area contributed by atoms with Crippen LogP contribution < -0.4 is 10.5 Å². The Morgan fingerprint density at radius 1 is 1.20 bits per heavy atom. The Bertz CT molecular complexity index is 782. The van der Waals surface area contributed by atoms with Crippen molar-refractivity contribution in [2.75, 3.05) is 12.8 Å². The van der Waals surface area contributed by atoms with Crippen molar-refractivity contribution in [1.29, 1.82) is 0 Å². The van der Waals surface area contributed by atoms with Crippen LogP contribution in [0.5, 0.6) is 6.01 Å². The van der Waals surface area contributed by atoms with Gasteiger partial charge in [-0.25, -0.2) is 9.97 Å². The van der Waals surface area contributed by atoms with E-state index in [0.717, 1.165) is 0 Å². The number of nitrogens with two attached hydrogens (primary N) is 1. The van der Waals surface area contributed by atoms with E-state index in [1.165, 1.54) is 7.11 Å². The summed E-state index contributed by atoms with van der Waals surface area (Å²) in [5.41, 5.74) is 7.06. The van der Waals surface area contributed by atoms with Crippen LogP contribution in [0.2, 0.25) is 0 Å². The third-order valence-electron chi connectivity index (χ3n) is 2.79. The van der Waals surface area contributed by atoms with Gasteiger partial charge in [0.2, 0.25) is 11.6 Å². The number of ether oxygens (including phenoxy) is 1. The summed E-state index contributed by atoms with van der Waals surface area (Å²) in [6, 6.07) is 9.02.